The fourth-order valence-electron chi connectivity index (χ4n) is 2.98. The maximum Gasteiger partial charge on any atom is 0.141 e. The summed E-state index contributed by atoms with van der Waals surface area (Å²) in [6.45, 7) is 0. The monoisotopic (exact) mass is 355 g/mol. The van der Waals surface area contributed by atoms with Gasteiger partial charge in [-0.2, -0.15) is 0 Å². The third kappa shape index (κ3) is 3.33. The molecule has 0 saturated heterocycles. The van der Waals surface area contributed by atoms with Crippen LogP contribution in [0.25, 0.3) is 23.1 Å². The van der Waals surface area contributed by atoms with Crippen LogP contribution in [0.2, 0.25) is 0 Å². The molecule has 0 spiro atoms. The molecule has 4 nitrogen and oxygen atoms in total. The number of pyridine rings is 1. The minimum absolute atomic E-state index is 0.0912. The Morgan fingerprint density at radius 1 is 0.630 bits per heavy atom. The number of phenolic OH excluding ortho intramolecular Hbond substituents is 3. The summed E-state index contributed by atoms with van der Waals surface area (Å²) in [7, 11) is 0. The number of nitrogens with zero attached hydrogens (tertiary/aromatic N) is 1. The molecule has 0 unspecified atom stereocenters. The van der Waals surface area contributed by atoms with Crippen LogP contribution in [0, 0.1) is 0 Å². The van der Waals surface area contributed by atoms with Gasteiger partial charge in [0.05, 0.1) is 5.35 Å². The molecule has 4 heteroatoms. The van der Waals surface area contributed by atoms with Crippen LogP contribution in [-0.4, -0.2) is 20.3 Å². The lowest BCUT2D eigenvalue weighted by molar-refractivity contribution is 0.473. The van der Waals surface area contributed by atoms with E-state index in [1.54, 1.807) is 48.5 Å². The van der Waals surface area contributed by atoms with Crippen LogP contribution in [0.5, 0.6) is 17.2 Å². The third-order valence-corrected chi connectivity index (χ3v) is 4.36. The van der Waals surface area contributed by atoms with Crippen molar-refractivity contribution in [3.8, 4) is 17.2 Å². The molecule has 4 rings (SSSR count). The van der Waals surface area contributed by atoms with Crippen molar-refractivity contribution in [1.29, 1.82) is 0 Å². The number of para-hydroxylation sites is 3. The summed E-state index contributed by atoms with van der Waals surface area (Å²) in [4.78, 5) is 4.61. The molecule has 0 atom stereocenters. The fraction of sp³-hybridized carbons (Fsp3) is 0. The van der Waals surface area contributed by atoms with Crippen molar-refractivity contribution in [2.24, 2.45) is 0 Å². The van der Waals surface area contributed by atoms with Crippen molar-refractivity contribution in [2.45, 2.75) is 0 Å². The van der Waals surface area contributed by atoms with E-state index >= 15 is 0 Å². The second-order valence-electron chi connectivity index (χ2n) is 6.22. The summed E-state index contributed by atoms with van der Waals surface area (Å²) >= 11 is 0. The Balaban J connectivity index is 2.08. The first kappa shape index (κ1) is 16.7. The number of hydrogen-bond acceptors (Lipinski definition) is 4. The quantitative estimate of drug-likeness (QED) is 0.517. The maximum absolute atomic E-state index is 10.2. The van der Waals surface area contributed by atoms with E-state index in [1.165, 1.54) is 0 Å². The van der Waals surface area contributed by atoms with Crippen molar-refractivity contribution >= 4 is 23.1 Å². The van der Waals surface area contributed by atoms with Gasteiger partial charge in [0.25, 0.3) is 0 Å². The van der Waals surface area contributed by atoms with Crippen LogP contribution in [0.3, 0.4) is 0 Å². The van der Waals surface area contributed by atoms with Gasteiger partial charge >= 0.3 is 0 Å². The summed E-state index contributed by atoms with van der Waals surface area (Å²) in [5.41, 5.74) is 1.76. The Hall–Kier alpha value is -3.79. The second kappa shape index (κ2) is 6.84. The highest BCUT2D eigenvalue weighted by molar-refractivity contribution is 5.84. The number of aromatic hydroxyl groups is 3. The van der Waals surface area contributed by atoms with E-state index in [0.717, 1.165) is 10.6 Å². The molecular formula is C23H17NO3. The Kier molecular flexibility index (Phi) is 4.22. The van der Waals surface area contributed by atoms with Crippen molar-refractivity contribution in [3.05, 3.63) is 94.5 Å². The highest BCUT2D eigenvalue weighted by Gasteiger charge is 2.04. The van der Waals surface area contributed by atoms with Gasteiger partial charge in [0.2, 0.25) is 0 Å². The highest BCUT2D eigenvalue weighted by Crippen LogP contribution is 2.21. The normalized spacial score (nSPS) is 12.6. The van der Waals surface area contributed by atoms with Gasteiger partial charge in [-0.05, 0) is 36.4 Å². The summed E-state index contributed by atoms with van der Waals surface area (Å²) in [5.74, 6) is 0.403. The molecule has 4 aromatic rings. The van der Waals surface area contributed by atoms with E-state index in [-0.39, 0.29) is 17.2 Å². The zero-order valence-electron chi connectivity index (χ0n) is 14.4. The van der Waals surface area contributed by atoms with E-state index in [0.29, 0.717) is 22.0 Å². The first-order valence-corrected chi connectivity index (χ1v) is 8.50. The summed E-state index contributed by atoms with van der Waals surface area (Å²) < 4.78 is 0. The van der Waals surface area contributed by atoms with Crippen molar-refractivity contribution < 1.29 is 15.3 Å². The third-order valence-electron chi connectivity index (χ3n) is 4.36. The van der Waals surface area contributed by atoms with Crippen LogP contribution in [0.15, 0.2) is 72.8 Å². The number of rotatable bonds is 2. The lowest BCUT2D eigenvalue weighted by Crippen LogP contribution is -2.28. The van der Waals surface area contributed by atoms with E-state index < -0.39 is 0 Å². The SMILES string of the molecule is Oc1ccccc1C=c1cc2cccc(O)c2nc1=Cc1ccccc1O. The molecule has 0 aliphatic heterocycles. The predicted molar refractivity (Wildman–Crippen MR) is 106 cm³/mol. The molecule has 0 fully saturated rings. The largest absolute Gasteiger partial charge is 0.507 e. The molecule has 1 heterocycles. The molecule has 132 valence electrons. The summed E-state index contributed by atoms with van der Waals surface area (Å²) in [5, 5.41) is 32.5. The second-order valence-corrected chi connectivity index (χ2v) is 6.22. The van der Waals surface area contributed by atoms with Crippen LogP contribution in [0.1, 0.15) is 11.1 Å². The molecule has 0 saturated carbocycles. The molecule has 0 radical (unpaired) electrons. The van der Waals surface area contributed by atoms with Crippen molar-refractivity contribution in [2.75, 3.05) is 0 Å². The fourth-order valence-corrected chi connectivity index (χ4v) is 2.98. The van der Waals surface area contributed by atoms with Gasteiger partial charge in [-0.15, -0.1) is 0 Å². The first-order valence-electron chi connectivity index (χ1n) is 8.50. The van der Waals surface area contributed by atoms with Crippen LogP contribution < -0.4 is 10.6 Å². The lowest BCUT2D eigenvalue weighted by atomic mass is 10.1. The van der Waals surface area contributed by atoms with E-state index in [2.05, 4.69) is 4.98 Å². The van der Waals surface area contributed by atoms with Gasteiger partial charge in [-0.3, -0.25) is 0 Å². The van der Waals surface area contributed by atoms with Gasteiger partial charge in [0, 0.05) is 21.7 Å². The molecule has 3 N–H and O–H groups in total. The molecule has 0 amide bonds. The Morgan fingerprint density at radius 3 is 1.89 bits per heavy atom. The average molecular weight is 355 g/mol. The maximum atomic E-state index is 10.2. The standard InChI is InChI=1S/C23H17NO3/c25-20-9-3-1-6-15(20)12-18-13-17-8-5-11-22(27)23(17)24-19(18)14-16-7-2-4-10-21(16)26/h1-14,25-27H. The minimum atomic E-state index is 0.0912. The molecular weight excluding hydrogens is 338 g/mol. The van der Waals surface area contributed by atoms with Gasteiger partial charge in [-0.1, -0.05) is 48.5 Å². The molecule has 0 aliphatic rings. The smallest absolute Gasteiger partial charge is 0.141 e. The predicted octanol–water partition coefficient (Wildman–Crippen LogP) is 3.01. The van der Waals surface area contributed by atoms with E-state index in [9.17, 15) is 15.3 Å². The van der Waals surface area contributed by atoms with Crippen LogP contribution in [-0.2, 0) is 0 Å². The lowest BCUT2D eigenvalue weighted by Gasteiger charge is -2.03. The zero-order valence-corrected chi connectivity index (χ0v) is 14.4. The van der Waals surface area contributed by atoms with Crippen molar-refractivity contribution in [1.82, 2.24) is 4.98 Å². The van der Waals surface area contributed by atoms with E-state index in [1.807, 2.05) is 36.4 Å². The number of hydrogen-bond donors (Lipinski definition) is 3. The average Bonchev–Trinajstić information content (AvgIpc) is 2.66. The number of benzene rings is 3. The number of aromatic nitrogens is 1. The summed E-state index contributed by atoms with van der Waals surface area (Å²) in [6.07, 6.45) is 3.59. The molecule has 1 aromatic heterocycles. The Bertz CT molecular complexity index is 1260. The van der Waals surface area contributed by atoms with Crippen LogP contribution >= 0.6 is 0 Å². The minimum Gasteiger partial charge on any atom is -0.507 e. The topological polar surface area (TPSA) is 73.6 Å². The van der Waals surface area contributed by atoms with Crippen LogP contribution in [0.4, 0.5) is 0 Å². The summed E-state index contributed by atoms with van der Waals surface area (Å²) in [6, 6.07) is 21.1. The number of phenols is 3. The Labute approximate surface area is 155 Å². The van der Waals surface area contributed by atoms with E-state index in [4.69, 9.17) is 0 Å². The van der Waals surface area contributed by atoms with Gasteiger partial charge in [0.15, 0.2) is 0 Å². The number of fused-ring (bicyclic) bond motifs is 1. The van der Waals surface area contributed by atoms with Gasteiger partial charge in [0.1, 0.15) is 22.8 Å². The van der Waals surface area contributed by atoms with Gasteiger partial charge < -0.3 is 15.3 Å². The molecule has 0 aliphatic carbocycles. The molecule has 27 heavy (non-hydrogen) atoms. The van der Waals surface area contributed by atoms with Crippen molar-refractivity contribution in [3.63, 3.8) is 0 Å². The highest BCUT2D eigenvalue weighted by atomic mass is 16.3. The Morgan fingerprint density at radius 2 is 1.22 bits per heavy atom. The molecule has 0 bridgehead atoms. The molecule has 3 aromatic carbocycles. The first-order chi connectivity index (χ1) is 13.1. The van der Waals surface area contributed by atoms with Gasteiger partial charge in [-0.25, -0.2) is 4.98 Å². The zero-order chi connectivity index (χ0) is 18.8.